The molecule has 0 aromatic rings. The molecule has 4 saturated carbocycles. The van der Waals surface area contributed by atoms with Crippen LogP contribution in [-0.4, -0.2) is 135 Å². The Hall–Kier alpha value is -0.750. The van der Waals surface area contributed by atoms with Gasteiger partial charge in [-0.2, -0.15) is 10.5 Å². The Morgan fingerprint density at radius 3 is 1.22 bits per heavy atom. The van der Waals surface area contributed by atoms with Crippen LogP contribution in [0.4, 0.5) is 0 Å². The van der Waals surface area contributed by atoms with Crippen molar-refractivity contribution in [1.29, 1.82) is 15.3 Å². The van der Waals surface area contributed by atoms with Crippen molar-refractivity contribution in [3.05, 3.63) is 0 Å². The molecule has 4 aliphatic carbocycles. The van der Waals surface area contributed by atoms with Gasteiger partial charge in [-0.3, -0.25) is 4.78 Å². The van der Waals surface area contributed by atoms with E-state index in [1.165, 1.54) is 56.6 Å². The minimum atomic E-state index is -2.71. The van der Waals surface area contributed by atoms with Gasteiger partial charge in [0.15, 0.2) is 18.9 Å². The molecule has 63 heavy (non-hydrogen) atoms. The standard InChI is InChI=1S/C15H26N2O3S.C10H17IO2.C10H18O3.C5H10N2OS.C5H10O2/c1-14(2,10-16)21(3,18)17-11-15(7-8-15)12-20-13-6-4-5-9-19-13;2*11-7-10(4-5-10)8-13-9-3-1-2-6-12-9;1-5(2,4-6)9(3,7)8;6-3-5(4-7)1-2-5/h13H,4-9,11-12H2,1-3H3;9H,1-8H2;9,11H,1-8H2;7H,1-3H3;6-7H,1-4H2. The maximum absolute atomic E-state index is 12.6. The Morgan fingerprint density at radius 1 is 0.635 bits per heavy atom. The van der Waals surface area contributed by atoms with Crippen molar-refractivity contribution < 1.29 is 52.2 Å². The molecule has 0 aromatic carbocycles. The van der Waals surface area contributed by atoms with Crippen LogP contribution in [0.25, 0.3) is 0 Å². The number of rotatable bonds is 17. The third-order valence-corrected chi connectivity index (χ3v) is 19.6. The number of aliphatic hydroxyl groups is 3. The lowest BCUT2D eigenvalue weighted by Gasteiger charge is -2.25. The number of aliphatic hydroxyl groups excluding tert-OH is 3. The van der Waals surface area contributed by atoms with Gasteiger partial charge in [0.1, 0.15) is 9.49 Å². The maximum atomic E-state index is 12.6. The Morgan fingerprint density at radius 2 is 0.984 bits per heavy atom. The van der Waals surface area contributed by atoms with E-state index in [-0.39, 0.29) is 54.9 Å². The molecule has 0 bridgehead atoms. The summed E-state index contributed by atoms with van der Waals surface area (Å²) < 4.78 is 67.9. The molecule has 7 aliphatic rings. The molecule has 366 valence electrons. The van der Waals surface area contributed by atoms with E-state index < -0.39 is 29.0 Å². The zero-order valence-electron chi connectivity index (χ0n) is 39.2. The predicted octanol–water partition coefficient (Wildman–Crippen LogP) is 7.47. The first-order chi connectivity index (χ1) is 29.6. The summed E-state index contributed by atoms with van der Waals surface area (Å²) in [7, 11) is -5.23. The molecular formula is C45H81IN4O11S2. The smallest absolute Gasteiger partial charge is 0.157 e. The van der Waals surface area contributed by atoms with Gasteiger partial charge in [-0.15, -0.1) is 0 Å². The number of hydrogen-bond acceptors (Lipinski definition) is 15. The van der Waals surface area contributed by atoms with Crippen LogP contribution in [0.1, 0.15) is 137 Å². The molecule has 0 radical (unpaired) electrons. The second-order valence-electron chi connectivity index (χ2n) is 20.1. The summed E-state index contributed by atoms with van der Waals surface area (Å²) >= 11 is 2.47. The van der Waals surface area contributed by atoms with Gasteiger partial charge < -0.3 is 43.7 Å². The molecule has 15 nitrogen and oxygen atoms in total. The van der Waals surface area contributed by atoms with E-state index >= 15 is 0 Å². The van der Waals surface area contributed by atoms with Crippen LogP contribution in [0.5, 0.6) is 0 Å². The van der Waals surface area contributed by atoms with Gasteiger partial charge in [0, 0.05) is 58.4 Å². The highest BCUT2D eigenvalue weighted by Crippen LogP contribution is 2.48. The molecule has 3 saturated heterocycles. The molecule has 3 aliphatic heterocycles. The van der Waals surface area contributed by atoms with Gasteiger partial charge in [0.25, 0.3) is 0 Å². The quantitative estimate of drug-likeness (QED) is 0.0819. The lowest BCUT2D eigenvalue weighted by molar-refractivity contribution is -0.173. The first-order valence-electron chi connectivity index (χ1n) is 23.0. The van der Waals surface area contributed by atoms with E-state index in [2.05, 4.69) is 33.0 Å². The molecule has 0 amide bonds. The van der Waals surface area contributed by atoms with Crippen LogP contribution in [0.2, 0.25) is 0 Å². The van der Waals surface area contributed by atoms with Gasteiger partial charge in [-0.05, 0) is 137 Å². The normalized spacial score (nSPS) is 27.5. The van der Waals surface area contributed by atoms with E-state index in [4.69, 9.17) is 59.0 Å². The van der Waals surface area contributed by atoms with E-state index in [9.17, 15) is 8.42 Å². The summed E-state index contributed by atoms with van der Waals surface area (Å²) in [5.41, 5.74) is 0.590. The summed E-state index contributed by atoms with van der Waals surface area (Å²) in [6.07, 6.45) is 22.1. The van der Waals surface area contributed by atoms with Crippen molar-refractivity contribution in [2.24, 2.45) is 26.0 Å². The van der Waals surface area contributed by atoms with E-state index in [1.807, 2.05) is 6.07 Å². The lowest BCUT2D eigenvalue weighted by atomic mass is 10.1. The highest BCUT2D eigenvalue weighted by Gasteiger charge is 2.45. The molecule has 5 unspecified atom stereocenters. The summed E-state index contributed by atoms with van der Waals surface area (Å²) in [5.74, 6) is 0. The monoisotopic (exact) mass is 1040 g/mol. The van der Waals surface area contributed by atoms with E-state index in [0.717, 1.165) is 103 Å². The lowest BCUT2D eigenvalue weighted by Crippen LogP contribution is -2.30. The summed E-state index contributed by atoms with van der Waals surface area (Å²) in [6, 6.07) is 3.92. The van der Waals surface area contributed by atoms with Crippen LogP contribution in [0.15, 0.2) is 4.36 Å². The zero-order chi connectivity index (χ0) is 46.9. The third-order valence-electron chi connectivity index (χ3n) is 13.4. The van der Waals surface area contributed by atoms with E-state index in [1.54, 1.807) is 20.1 Å². The van der Waals surface area contributed by atoms with E-state index in [0.29, 0.717) is 25.2 Å². The van der Waals surface area contributed by atoms with Gasteiger partial charge in [-0.1, -0.05) is 22.6 Å². The number of nitrogens with zero attached hydrogens (tertiary/aromatic N) is 3. The van der Waals surface area contributed by atoms with Crippen molar-refractivity contribution in [3.63, 3.8) is 0 Å². The zero-order valence-corrected chi connectivity index (χ0v) is 43.0. The second-order valence-corrected chi connectivity index (χ2v) is 26.5. The maximum Gasteiger partial charge on any atom is 0.157 e. The molecule has 0 aromatic heterocycles. The van der Waals surface area contributed by atoms with Gasteiger partial charge in [0.05, 0.1) is 77.8 Å². The van der Waals surface area contributed by atoms with Crippen LogP contribution >= 0.6 is 22.6 Å². The molecular weight excluding hydrogens is 964 g/mol. The fourth-order valence-corrected chi connectivity index (χ4v) is 8.19. The van der Waals surface area contributed by atoms with Crippen molar-refractivity contribution in [2.45, 2.75) is 165 Å². The minimum Gasteiger partial charge on any atom is -0.396 e. The highest BCUT2D eigenvalue weighted by molar-refractivity contribution is 14.1. The first-order valence-corrected chi connectivity index (χ1v) is 28.4. The Kier molecular flexibility index (Phi) is 23.0. The van der Waals surface area contributed by atoms with Crippen molar-refractivity contribution in [2.75, 3.05) is 82.9 Å². The molecule has 3 heterocycles. The fourth-order valence-electron chi connectivity index (χ4n) is 6.02. The molecule has 0 spiro atoms. The molecule has 5 atom stereocenters. The largest absolute Gasteiger partial charge is 0.396 e. The van der Waals surface area contributed by atoms with Crippen molar-refractivity contribution >= 4 is 42.0 Å². The number of nitriles is 2. The number of alkyl halides is 1. The topological polar surface area (TPSA) is 234 Å². The Balaban J connectivity index is 0.000000221. The molecule has 4 N–H and O–H groups in total. The predicted molar refractivity (Wildman–Crippen MR) is 253 cm³/mol. The highest BCUT2D eigenvalue weighted by atomic mass is 127. The van der Waals surface area contributed by atoms with Crippen LogP contribution in [0, 0.1) is 49.1 Å². The number of nitrogens with one attached hydrogen (secondary N) is 1. The average molecular weight is 1050 g/mol. The average Bonchev–Trinajstić information content (AvgIpc) is 4.10. The van der Waals surface area contributed by atoms with Crippen molar-refractivity contribution in [1.82, 2.24) is 0 Å². The fraction of sp³-hybridized carbons (Fsp3) is 0.956. The third kappa shape index (κ3) is 19.8. The summed E-state index contributed by atoms with van der Waals surface area (Å²) in [6.45, 7) is 12.2. The SMILES string of the molecule is CC(C)(C#N)S(C)(=N)=O.CC(C)(C#N)S(C)(=O)=NCC1(COC2CCCCO2)CC1.ICC1(COC2CCCCO2)CC1.OCC1(CO)CC1.OCC1(COC2CCCCO2)CC1. The Bertz CT molecular complexity index is 1630. The first kappa shape index (κ1) is 56.6. The van der Waals surface area contributed by atoms with Gasteiger partial charge in [0.2, 0.25) is 0 Å². The Labute approximate surface area is 393 Å². The molecule has 7 fully saturated rings. The summed E-state index contributed by atoms with van der Waals surface area (Å²) in [5, 5.41) is 43.6. The van der Waals surface area contributed by atoms with Gasteiger partial charge >= 0.3 is 0 Å². The molecule has 18 heteroatoms. The van der Waals surface area contributed by atoms with Gasteiger partial charge in [-0.25, -0.2) is 12.8 Å². The second kappa shape index (κ2) is 25.6. The minimum absolute atomic E-state index is 0.00206. The van der Waals surface area contributed by atoms with Crippen LogP contribution in [0.3, 0.4) is 0 Å². The summed E-state index contributed by atoms with van der Waals surface area (Å²) in [4.78, 5) is 0. The van der Waals surface area contributed by atoms with Crippen LogP contribution in [-0.2, 0) is 47.9 Å². The number of ether oxygens (including phenoxy) is 6. The van der Waals surface area contributed by atoms with Crippen molar-refractivity contribution in [3.8, 4) is 12.1 Å². The molecule has 7 rings (SSSR count). The van der Waals surface area contributed by atoms with Crippen LogP contribution < -0.4 is 0 Å². The number of hydrogen-bond donors (Lipinski definition) is 4. The number of halogens is 1.